The molecule has 0 aliphatic heterocycles. The van der Waals surface area contributed by atoms with E-state index in [-0.39, 0.29) is 11.7 Å². The van der Waals surface area contributed by atoms with E-state index in [4.69, 9.17) is 4.42 Å². The van der Waals surface area contributed by atoms with Crippen LogP contribution >= 0.6 is 0 Å². The maximum Gasteiger partial charge on any atom is 0.169 e. The second-order valence-electron chi connectivity index (χ2n) is 5.99. The molecule has 0 saturated carbocycles. The molecule has 4 rings (SSSR count). The molecule has 1 aliphatic carbocycles. The molecule has 1 unspecified atom stereocenters. The Labute approximate surface area is 140 Å². The van der Waals surface area contributed by atoms with Crippen molar-refractivity contribution in [2.45, 2.75) is 25.7 Å². The van der Waals surface area contributed by atoms with E-state index < -0.39 is 0 Å². The number of carbonyl (C=O) groups excluding carboxylic acids is 1. The molecule has 0 fully saturated rings. The quantitative estimate of drug-likeness (QED) is 0.794. The zero-order valence-electron chi connectivity index (χ0n) is 13.5. The van der Waals surface area contributed by atoms with Crippen LogP contribution in [0.3, 0.4) is 0 Å². The van der Waals surface area contributed by atoms with Crippen LogP contribution in [0, 0.1) is 0 Å². The van der Waals surface area contributed by atoms with Crippen LogP contribution in [0.25, 0.3) is 5.69 Å². The second-order valence-corrected chi connectivity index (χ2v) is 5.99. The summed E-state index contributed by atoms with van der Waals surface area (Å²) in [6, 6.07) is 13.7. The Hall–Kier alpha value is -2.82. The van der Waals surface area contributed by atoms with Gasteiger partial charge in [-0.1, -0.05) is 18.2 Å². The second kappa shape index (κ2) is 6.00. The van der Waals surface area contributed by atoms with Gasteiger partial charge in [-0.3, -0.25) is 4.79 Å². The Morgan fingerprint density at radius 1 is 1.21 bits per heavy atom. The number of nitrogens with one attached hydrogen (secondary N) is 1. The number of carbonyl (C=O) groups is 1. The molecule has 1 aliphatic rings. The summed E-state index contributed by atoms with van der Waals surface area (Å²) in [5.74, 6) is 1.73. The molecule has 5 heteroatoms. The number of rotatable bonds is 4. The molecule has 1 aromatic carbocycles. The van der Waals surface area contributed by atoms with E-state index in [0.29, 0.717) is 12.2 Å². The fourth-order valence-corrected chi connectivity index (χ4v) is 3.36. The third-order valence-electron chi connectivity index (χ3n) is 4.42. The molecule has 1 N–H and O–H groups in total. The number of ketones is 1. The number of furan rings is 1. The fourth-order valence-electron chi connectivity index (χ4n) is 3.36. The molecule has 0 spiro atoms. The summed E-state index contributed by atoms with van der Waals surface area (Å²) >= 11 is 0. The van der Waals surface area contributed by atoms with Crippen molar-refractivity contribution in [2.75, 3.05) is 11.9 Å². The lowest BCUT2D eigenvalue weighted by Crippen LogP contribution is -2.20. The first-order chi connectivity index (χ1) is 11.8. The van der Waals surface area contributed by atoms with Crippen molar-refractivity contribution >= 4 is 11.6 Å². The number of Topliss-reactive ketones (excluding diaryl/α,β-unsaturated/α-hetero) is 1. The van der Waals surface area contributed by atoms with Gasteiger partial charge in [0.2, 0.25) is 0 Å². The maximum atomic E-state index is 12.8. The minimum atomic E-state index is 0.0636. The van der Waals surface area contributed by atoms with Gasteiger partial charge in [0.15, 0.2) is 11.6 Å². The minimum Gasteiger partial charge on any atom is -0.469 e. The van der Waals surface area contributed by atoms with Crippen LogP contribution in [0.1, 0.15) is 41.1 Å². The Morgan fingerprint density at radius 3 is 2.75 bits per heavy atom. The number of anilines is 1. The molecular formula is C19H19N3O2. The normalized spacial score (nSPS) is 16.9. The molecule has 5 nitrogen and oxygen atoms in total. The maximum absolute atomic E-state index is 12.8. The first-order valence-corrected chi connectivity index (χ1v) is 8.25. The molecule has 1 atom stereocenters. The summed E-state index contributed by atoms with van der Waals surface area (Å²) in [6.07, 6.45) is 2.86. The highest BCUT2D eigenvalue weighted by atomic mass is 16.3. The van der Waals surface area contributed by atoms with E-state index in [9.17, 15) is 4.79 Å². The monoisotopic (exact) mass is 321 g/mol. The van der Waals surface area contributed by atoms with Crippen LogP contribution in [-0.4, -0.2) is 22.1 Å². The average Bonchev–Trinajstić information content (AvgIpc) is 3.24. The van der Waals surface area contributed by atoms with Gasteiger partial charge in [-0.25, -0.2) is 4.68 Å². The Bertz CT molecular complexity index is 850. The third-order valence-corrected chi connectivity index (χ3v) is 4.42. The number of nitrogens with zero attached hydrogens (tertiary/aromatic N) is 2. The summed E-state index contributed by atoms with van der Waals surface area (Å²) in [5, 5.41) is 7.90. The van der Waals surface area contributed by atoms with Crippen LogP contribution in [0.2, 0.25) is 0 Å². The first-order valence-electron chi connectivity index (χ1n) is 8.25. The van der Waals surface area contributed by atoms with Gasteiger partial charge < -0.3 is 9.73 Å². The summed E-state index contributed by atoms with van der Waals surface area (Å²) in [4.78, 5) is 12.8. The predicted molar refractivity (Wildman–Crippen MR) is 91.8 cm³/mol. The Morgan fingerprint density at radius 2 is 2.04 bits per heavy atom. The molecule has 122 valence electrons. The smallest absolute Gasteiger partial charge is 0.169 e. The Balaban J connectivity index is 1.83. The van der Waals surface area contributed by atoms with Gasteiger partial charge in [-0.15, -0.1) is 5.10 Å². The van der Waals surface area contributed by atoms with Crippen molar-refractivity contribution in [2.24, 2.45) is 0 Å². The average molecular weight is 321 g/mol. The van der Waals surface area contributed by atoms with Crippen LogP contribution in [-0.2, 0) is 6.42 Å². The first kappa shape index (κ1) is 14.8. The molecule has 2 heterocycles. The topological polar surface area (TPSA) is 60.1 Å². The van der Waals surface area contributed by atoms with E-state index in [2.05, 4.69) is 10.4 Å². The largest absolute Gasteiger partial charge is 0.469 e. The van der Waals surface area contributed by atoms with E-state index >= 15 is 0 Å². The van der Waals surface area contributed by atoms with Gasteiger partial charge in [0, 0.05) is 25.3 Å². The van der Waals surface area contributed by atoms with E-state index in [1.54, 1.807) is 6.26 Å². The molecular weight excluding hydrogens is 302 g/mol. The minimum absolute atomic E-state index is 0.0636. The number of hydrogen-bond acceptors (Lipinski definition) is 4. The number of benzene rings is 1. The molecule has 3 aromatic rings. The molecule has 2 aromatic heterocycles. The number of para-hydroxylation sites is 1. The highest BCUT2D eigenvalue weighted by molar-refractivity contribution is 6.03. The standard InChI is InChI=1S/C19H19N3O2/c1-2-20-19-18-15(22(21-19)14-7-4-3-5-8-14)11-13(12-16(18)23)17-9-6-10-24-17/h3-10,13H,2,11-12H2,1H3,(H,20,21). The molecule has 0 bridgehead atoms. The summed E-state index contributed by atoms with van der Waals surface area (Å²) in [6.45, 7) is 2.74. The van der Waals surface area contributed by atoms with E-state index in [1.165, 1.54) is 0 Å². The van der Waals surface area contributed by atoms with Gasteiger partial charge in [0.05, 0.1) is 23.2 Å². The number of hydrogen-bond donors (Lipinski definition) is 1. The fraction of sp³-hybridized carbons (Fsp3) is 0.263. The predicted octanol–water partition coefficient (Wildman–Crippen LogP) is 3.81. The molecule has 0 amide bonds. The number of aromatic nitrogens is 2. The lowest BCUT2D eigenvalue weighted by atomic mass is 9.85. The van der Waals surface area contributed by atoms with Crippen molar-refractivity contribution < 1.29 is 9.21 Å². The van der Waals surface area contributed by atoms with Crippen molar-refractivity contribution in [1.82, 2.24) is 9.78 Å². The number of fused-ring (bicyclic) bond motifs is 1. The third kappa shape index (κ3) is 2.42. The molecule has 0 radical (unpaired) electrons. The molecule has 0 saturated heterocycles. The lowest BCUT2D eigenvalue weighted by Gasteiger charge is -2.21. The van der Waals surface area contributed by atoms with Gasteiger partial charge in [-0.2, -0.15) is 0 Å². The van der Waals surface area contributed by atoms with Gasteiger partial charge in [0.25, 0.3) is 0 Å². The van der Waals surface area contributed by atoms with Crippen molar-refractivity contribution in [1.29, 1.82) is 0 Å². The highest BCUT2D eigenvalue weighted by Crippen LogP contribution is 2.37. The van der Waals surface area contributed by atoms with Crippen LogP contribution < -0.4 is 5.32 Å². The lowest BCUT2D eigenvalue weighted by molar-refractivity contribution is 0.0960. The van der Waals surface area contributed by atoms with E-state index in [1.807, 2.05) is 54.1 Å². The SMILES string of the molecule is CCNc1nn(-c2ccccc2)c2c1C(=O)CC(c1ccco1)C2. The van der Waals surface area contributed by atoms with Crippen molar-refractivity contribution in [3.05, 3.63) is 65.7 Å². The van der Waals surface area contributed by atoms with Gasteiger partial charge in [0.1, 0.15) is 5.76 Å². The highest BCUT2D eigenvalue weighted by Gasteiger charge is 2.34. The molecule has 24 heavy (non-hydrogen) atoms. The summed E-state index contributed by atoms with van der Waals surface area (Å²) < 4.78 is 7.43. The van der Waals surface area contributed by atoms with Crippen molar-refractivity contribution in [3.8, 4) is 5.69 Å². The zero-order chi connectivity index (χ0) is 16.5. The Kier molecular flexibility index (Phi) is 3.69. The summed E-state index contributed by atoms with van der Waals surface area (Å²) in [7, 11) is 0. The zero-order valence-corrected chi connectivity index (χ0v) is 13.5. The van der Waals surface area contributed by atoms with Crippen LogP contribution in [0.15, 0.2) is 53.1 Å². The van der Waals surface area contributed by atoms with Crippen LogP contribution in [0.4, 0.5) is 5.82 Å². The summed E-state index contributed by atoms with van der Waals surface area (Å²) in [5.41, 5.74) is 2.64. The van der Waals surface area contributed by atoms with Crippen LogP contribution in [0.5, 0.6) is 0 Å². The van der Waals surface area contributed by atoms with Gasteiger partial charge in [-0.05, 0) is 31.2 Å². The van der Waals surface area contributed by atoms with E-state index in [0.717, 1.165) is 35.7 Å². The van der Waals surface area contributed by atoms with Crippen molar-refractivity contribution in [3.63, 3.8) is 0 Å². The van der Waals surface area contributed by atoms with Gasteiger partial charge >= 0.3 is 0 Å².